The lowest BCUT2D eigenvalue weighted by atomic mass is 9.86. The van der Waals surface area contributed by atoms with E-state index in [0.29, 0.717) is 43.8 Å². The number of thiazole rings is 1. The van der Waals surface area contributed by atoms with Gasteiger partial charge in [-0.1, -0.05) is 35.1 Å². The fourth-order valence-corrected chi connectivity index (χ4v) is 9.23. The maximum absolute atomic E-state index is 15.5. The summed E-state index contributed by atoms with van der Waals surface area (Å²) in [6, 6.07) is 8.89. The van der Waals surface area contributed by atoms with E-state index in [0.717, 1.165) is 80.8 Å². The van der Waals surface area contributed by atoms with Crippen LogP contribution in [0.3, 0.4) is 0 Å². The molecule has 1 unspecified atom stereocenters. The Balaban J connectivity index is 0.828. The molecule has 296 valence electrons. The minimum atomic E-state index is -1.09. The molecular formula is C40H41ClFN9O5S. The molecule has 3 fully saturated rings. The summed E-state index contributed by atoms with van der Waals surface area (Å²) in [5.41, 5.74) is 1.93. The molecule has 17 heteroatoms. The maximum Gasteiger partial charge on any atom is 0.267 e. The molecule has 4 aliphatic heterocycles. The van der Waals surface area contributed by atoms with Gasteiger partial charge in [0.2, 0.25) is 11.8 Å². The fraction of sp³-hybridized carbons (Fsp3) is 0.400. The normalized spacial score (nSPS) is 19.5. The maximum atomic E-state index is 15.5. The lowest BCUT2D eigenvalue weighted by molar-refractivity contribution is -0.136. The number of para-hydroxylation sites is 1. The highest BCUT2D eigenvalue weighted by atomic mass is 35.5. The van der Waals surface area contributed by atoms with Crippen LogP contribution >= 0.6 is 22.9 Å². The summed E-state index contributed by atoms with van der Waals surface area (Å²) in [6.45, 7) is 7.91. The molecule has 14 nitrogen and oxygen atoms in total. The monoisotopic (exact) mass is 813 g/mol. The van der Waals surface area contributed by atoms with Crippen LogP contribution < -0.4 is 20.9 Å². The zero-order chi connectivity index (χ0) is 40.0. The average Bonchev–Trinajstić information content (AvgIpc) is 3.74. The van der Waals surface area contributed by atoms with Crippen LogP contribution in [0.15, 0.2) is 42.6 Å². The van der Waals surface area contributed by atoms with E-state index in [-0.39, 0.29) is 35.8 Å². The summed E-state index contributed by atoms with van der Waals surface area (Å²) in [5, 5.41) is 9.30. The van der Waals surface area contributed by atoms with Crippen LogP contribution in [0, 0.1) is 25.6 Å². The minimum Gasteiger partial charge on any atom is -0.356 e. The van der Waals surface area contributed by atoms with Gasteiger partial charge in [0.1, 0.15) is 34.2 Å². The van der Waals surface area contributed by atoms with Crippen molar-refractivity contribution in [1.29, 1.82) is 0 Å². The Morgan fingerprint density at radius 3 is 2.42 bits per heavy atom. The Morgan fingerprint density at radius 2 is 1.70 bits per heavy atom. The number of carbonyl (C=O) groups excluding carboxylic acids is 5. The van der Waals surface area contributed by atoms with Crippen molar-refractivity contribution >= 4 is 74.9 Å². The highest BCUT2D eigenvalue weighted by molar-refractivity contribution is 7.17. The predicted octanol–water partition coefficient (Wildman–Crippen LogP) is 5.84. The van der Waals surface area contributed by atoms with Crippen LogP contribution in [0.2, 0.25) is 5.02 Å². The molecule has 8 rings (SSSR count). The van der Waals surface area contributed by atoms with E-state index < -0.39 is 35.5 Å². The van der Waals surface area contributed by atoms with Gasteiger partial charge in [0.05, 0.1) is 28.0 Å². The van der Waals surface area contributed by atoms with E-state index in [1.54, 1.807) is 6.07 Å². The summed E-state index contributed by atoms with van der Waals surface area (Å²) in [5.74, 6) is -0.868. The Bertz CT molecular complexity index is 2270. The molecule has 0 spiro atoms. The van der Waals surface area contributed by atoms with E-state index in [2.05, 4.69) is 35.7 Å². The molecule has 3 N–H and O–H groups in total. The number of aryl methyl sites for hydroxylation is 2. The van der Waals surface area contributed by atoms with Gasteiger partial charge < -0.3 is 20.4 Å². The van der Waals surface area contributed by atoms with Crippen molar-refractivity contribution in [3.8, 4) is 0 Å². The lowest BCUT2D eigenvalue weighted by Crippen LogP contribution is -2.54. The summed E-state index contributed by atoms with van der Waals surface area (Å²) >= 11 is 7.51. The molecule has 1 atom stereocenters. The summed E-state index contributed by atoms with van der Waals surface area (Å²) in [7, 11) is 0. The first-order valence-corrected chi connectivity index (χ1v) is 20.3. The standard InChI is InChI=1S/C40H41ClFN9O5S/c1-21-4-3-5-28(41)35(21)48-37(54)31-19-43-40(57-31)46-32-18-33(45-22(2)44-32)50-14-8-23(9-15-50)20-49-12-10-24(11-13-49)25-16-26-27(17-29(25)42)39(56)51(38(26)55)30-6-7-34(52)47-36(30)53/h3-5,16-19,23-24,30H,6-15,20H2,1-2H3,(H,48,54)(H,47,52,53)(H,43,44,45,46). The van der Waals surface area contributed by atoms with Gasteiger partial charge in [0, 0.05) is 32.1 Å². The zero-order valence-electron chi connectivity index (χ0n) is 31.4. The van der Waals surface area contributed by atoms with E-state index >= 15 is 4.39 Å². The van der Waals surface area contributed by atoms with Gasteiger partial charge in [0.25, 0.3) is 17.7 Å². The number of benzene rings is 2. The van der Waals surface area contributed by atoms with E-state index in [1.165, 1.54) is 23.6 Å². The van der Waals surface area contributed by atoms with Crippen molar-refractivity contribution in [1.82, 2.24) is 30.1 Å². The van der Waals surface area contributed by atoms with Gasteiger partial charge >= 0.3 is 0 Å². The number of nitrogens with zero attached hydrogens (tertiary/aromatic N) is 6. The number of nitrogens with one attached hydrogen (secondary N) is 3. The molecule has 0 aliphatic carbocycles. The van der Waals surface area contributed by atoms with E-state index in [4.69, 9.17) is 16.6 Å². The van der Waals surface area contributed by atoms with Crippen LogP contribution in [0.5, 0.6) is 0 Å². The first kappa shape index (κ1) is 38.5. The number of aromatic nitrogens is 3. The molecule has 5 amide bonds. The SMILES string of the molecule is Cc1nc(Nc2ncc(C(=O)Nc3c(C)cccc3Cl)s2)cc(N2CCC(CN3CCC(c4cc5c(cc4F)C(=O)N(C4CCC(=O)NC4=O)C5=O)CC3)CC2)n1. The van der Waals surface area contributed by atoms with Gasteiger partial charge in [-0.3, -0.25) is 34.2 Å². The Kier molecular flexibility index (Phi) is 10.8. The van der Waals surface area contributed by atoms with Crippen LogP contribution in [0.1, 0.15) is 91.8 Å². The summed E-state index contributed by atoms with van der Waals surface area (Å²) < 4.78 is 15.5. The van der Waals surface area contributed by atoms with Crippen LogP contribution in [0.25, 0.3) is 0 Å². The first-order valence-electron chi connectivity index (χ1n) is 19.1. The molecule has 4 aliphatic rings. The van der Waals surface area contributed by atoms with Gasteiger partial charge in [-0.25, -0.2) is 19.3 Å². The summed E-state index contributed by atoms with van der Waals surface area (Å²) in [6.07, 6.45) is 5.00. The second-order valence-corrected chi connectivity index (χ2v) is 16.5. The fourth-order valence-electron chi connectivity index (χ4n) is 8.25. The highest BCUT2D eigenvalue weighted by Gasteiger charge is 2.45. The number of piperidine rings is 3. The smallest absolute Gasteiger partial charge is 0.267 e. The van der Waals surface area contributed by atoms with Crippen LogP contribution in [-0.2, 0) is 9.59 Å². The number of amides is 5. The number of hydrogen-bond donors (Lipinski definition) is 3. The number of halogens is 2. The summed E-state index contributed by atoms with van der Waals surface area (Å²) in [4.78, 5) is 83.1. The van der Waals surface area contributed by atoms with Crippen molar-refractivity contribution in [3.05, 3.63) is 86.4 Å². The molecular weight excluding hydrogens is 773 g/mol. The van der Waals surface area contributed by atoms with Crippen LogP contribution in [-0.4, -0.2) is 93.1 Å². The molecule has 6 heterocycles. The highest BCUT2D eigenvalue weighted by Crippen LogP contribution is 2.36. The second-order valence-electron chi connectivity index (χ2n) is 15.1. The number of likely N-dealkylation sites (tertiary alicyclic amines) is 1. The van der Waals surface area contributed by atoms with Crippen molar-refractivity contribution in [2.45, 2.75) is 64.3 Å². The minimum absolute atomic E-state index is 0.0220. The van der Waals surface area contributed by atoms with Crippen molar-refractivity contribution in [3.63, 3.8) is 0 Å². The first-order chi connectivity index (χ1) is 27.4. The molecule has 57 heavy (non-hydrogen) atoms. The number of carbonyl (C=O) groups is 5. The van der Waals surface area contributed by atoms with Crippen molar-refractivity contribution in [2.75, 3.05) is 48.3 Å². The number of fused-ring (bicyclic) bond motifs is 1. The van der Waals surface area contributed by atoms with Gasteiger partial charge in [-0.05, 0) is 100 Å². The number of rotatable bonds is 9. The zero-order valence-corrected chi connectivity index (χ0v) is 33.0. The van der Waals surface area contributed by atoms with Gasteiger partial charge in [-0.15, -0.1) is 0 Å². The Labute approximate surface area is 337 Å². The molecule has 2 aromatic carbocycles. The molecule has 2 aromatic heterocycles. The number of anilines is 4. The Hall–Kier alpha value is -5.32. The topological polar surface area (TPSA) is 170 Å². The van der Waals surface area contributed by atoms with Crippen molar-refractivity contribution < 1.29 is 28.4 Å². The van der Waals surface area contributed by atoms with E-state index in [1.807, 2.05) is 32.0 Å². The third-order valence-corrected chi connectivity index (χ3v) is 12.5. The molecule has 0 saturated carbocycles. The molecule has 0 radical (unpaired) electrons. The van der Waals surface area contributed by atoms with Gasteiger partial charge in [-0.2, -0.15) is 0 Å². The predicted molar refractivity (Wildman–Crippen MR) is 213 cm³/mol. The quantitative estimate of drug-likeness (QED) is 0.174. The van der Waals surface area contributed by atoms with Crippen molar-refractivity contribution in [2.24, 2.45) is 5.92 Å². The third-order valence-electron chi connectivity index (χ3n) is 11.3. The number of imide groups is 2. The lowest BCUT2D eigenvalue weighted by Gasteiger charge is -2.38. The van der Waals surface area contributed by atoms with Crippen LogP contribution in [0.4, 0.5) is 26.8 Å². The molecule has 3 saturated heterocycles. The average molecular weight is 814 g/mol. The molecule has 4 aromatic rings. The number of hydrogen-bond acceptors (Lipinski definition) is 12. The Morgan fingerprint density at radius 1 is 0.965 bits per heavy atom. The molecule has 0 bridgehead atoms. The second kappa shape index (κ2) is 15.9. The van der Waals surface area contributed by atoms with E-state index in [9.17, 15) is 24.0 Å². The third kappa shape index (κ3) is 7.98. The van der Waals surface area contributed by atoms with Gasteiger partial charge in [0.15, 0.2) is 5.13 Å². The largest absolute Gasteiger partial charge is 0.356 e.